The van der Waals surface area contributed by atoms with E-state index >= 15 is 0 Å². The summed E-state index contributed by atoms with van der Waals surface area (Å²) in [5.74, 6) is 0. The molecule has 1 heterocycles. The summed E-state index contributed by atoms with van der Waals surface area (Å²) >= 11 is 0. The van der Waals surface area contributed by atoms with Crippen LogP contribution in [0.5, 0.6) is 0 Å². The van der Waals surface area contributed by atoms with Gasteiger partial charge in [-0.05, 0) is 19.9 Å². The summed E-state index contributed by atoms with van der Waals surface area (Å²) in [6, 6.07) is 0. The number of carbonyl (C=O) groups excluding carboxylic acids is 1. The van der Waals surface area contributed by atoms with Crippen LogP contribution in [0.25, 0.3) is 0 Å². The van der Waals surface area contributed by atoms with E-state index in [0.717, 1.165) is 6.29 Å². The molecule has 2 atom stereocenters. The molecule has 1 rings (SSSR count). The zero-order valence-corrected chi connectivity index (χ0v) is 6.03. The number of aldehydes is 1. The molecule has 0 aliphatic carbocycles. The van der Waals surface area contributed by atoms with E-state index in [-0.39, 0.29) is 6.29 Å². The molecule has 3 nitrogen and oxygen atoms in total. The molecule has 10 heavy (non-hydrogen) atoms. The highest BCUT2D eigenvalue weighted by atomic mass is 16.7. The number of rotatable bonds is 1. The molecule has 0 saturated carbocycles. The van der Waals surface area contributed by atoms with Gasteiger partial charge < -0.3 is 9.47 Å². The van der Waals surface area contributed by atoms with Crippen LogP contribution in [0.3, 0.4) is 0 Å². The summed E-state index contributed by atoms with van der Waals surface area (Å²) in [5, 5.41) is 0. The fourth-order valence-corrected chi connectivity index (χ4v) is 0.777. The molecule has 2 unspecified atom stereocenters. The van der Waals surface area contributed by atoms with Crippen LogP contribution in [-0.2, 0) is 14.3 Å². The van der Waals surface area contributed by atoms with Gasteiger partial charge in [-0.3, -0.25) is 4.79 Å². The molecule has 0 aromatic rings. The first kappa shape index (κ1) is 7.28. The monoisotopic (exact) mass is 142 g/mol. The number of ether oxygens (including phenoxy) is 2. The van der Waals surface area contributed by atoms with Crippen molar-refractivity contribution < 1.29 is 14.3 Å². The molecule has 0 radical (unpaired) electrons. The molecular weight excluding hydrogens is 132 g/mol. The van der Waals surface area contributed by atoms with E-state index in [0.29, 0.717) is 0 Å². The van der Waals surface area contributed by atoms with Crippen LogP contribution in [-0.4, -0.2) is 18.2 Å². The Balaban J connectivity index is 2.70. The standard InChI is InChI=1S/C7H10O3/c1-6-9-4-3-7(2,5-8)10-6/h3-6H,1-2H3. The highest BCUT2D eigenvalue weighted by molar-refractivity contribution is 5.65. The molecule has 0 aromatic heterocycles. The van der Waals surface area contributed by atoms with Crippen LogP contribution in [0.15, 0.2) is 12.3 Å². The first-order chi connectivity index (χ1) is 4.66. The third-order valence-corrected chi connectivity index (χ3v) is 1.32. The van der Waals surface area contributed by atoms with Crippen molar-refractivity contribution in [1.82, 2.24) is 0 Å². The minimum absolute atomic E-state index is 0.333. The van der Waals surface area contributed by atoms with Gasteiger partial charge in [-0.15, -0.1) is 0 Å². The molecule has 0 N–H and O–H groups in total. The zero-order chi connectivity index (χ0) is 7.61. The second-order valence-electron chi connectivity index (χ2n) is 2.43. The number of hydrogen-bond donors (Lipinski definition) is 0. The van der Waals surface area contributed by atoms with Crippen molar-refractivity contribution in [2.24, 2.45) is 0 Å². The highest BCUT2D eigenvalue weighted by Crippen LogP contribution is 2.17. The SMILES string of the molecule is CC1OC=CC(C)(C=O)O1. The maximum Gasteiger partial charge on any atom is 0.197 e. The lowest BCUT2D eigenvalue weighted by Crippen LogP contribution is -2.35. The van der Waals surface area contributed by atoms with Crippen LogP contribution in [0, 0.1) is 0 Å². The second kappa shape index (κ2) is 2.42. The molecule has 0 saturated heterocycles. The minimum atomic E-state index is -0.794. The molecule has 1 aliphatic rings. The van der Waals surface area contributed by atoms with Crippen LogP contribution in [0.1, 0.15) is 13.8 Å². The van der Waals surface area contributed by atoms with E-state index in [2.05, 4.69) is 0 Å². The van der Waals surface area contributed by atoms with E-state index in [1.807, 2.05) is 0 Å². The van der Waals surface area contributed by atoms with Crippen LogP contribution < -0.4 is 0 Å². The van der Waals surface area contributed by atoms with Gasteiger partial charge in [0.15, 0.2) is 12.6 Å². The highest BCUT2D eigenvalue weighted by Gasteiger charge is 2.27. The molecule has 0 amide bonds. The number of carbonyl (C=O) groups is 1. The Bertz CT molecular complexity index is 164. The number of hydrogen-bond acceptors (Lipinski definition) is 3. The maximum absolute atomic E-state index is 10.4. The van der Waals surface area contributed by atoms with Gasteiger partial charge in [-0.25, -0.2) is 0 Å². The Morgan fingerprint density at radius 2 is 2.40 bits per heavy atom. The lowest BCUT2D eigenvalue weighted by Gasteiger charge is -2.27. The summed E-state index contributed by atoms with van der Waals surface area (Å²) in [6.07, 6.45) is 3.49. The Morgan fingerprint density at radius 3 is 2.80 bits per heavy atom. The van der Waals surface area contributed by atoms with E-state index in [9.17, 15) is 4.79 Å². The molecule has 0 spiro atoms. The van der Waals surface area contributed by atoms with Crippen molar-refractivity contribution in [1.29, 1.82) is 0 Å². The van der Waals surface area contributed by atoms with Crippen molar-refractivity contribution in [3.8, 4) is 0 Å². The van der Waals surface area contributed by atoms with Gasteiger partial charge in [0.2, 0.25) is 0 Å². The molecule has 56 valence electrons. The van der Waals surface area contributed by atoms with Gasteiger partial charge in [0.05, 0.1) is 6.26 Å². The molecule has 0 fully saturated rings. The fraction of sp³-hybridized carbons (Fsp3) is 0.571. The van der Waals surface area contributed by atoms with Crippen molar-refractivity contribution in [2.45, 2.75) is 25.7 Å². The average molecular weight is 142 g/mol. The van der Waals surface area contributed by atoms with Gasteiger partial charge in [0.1, 0.15) is 5.60 Å². The van der Waals surface area contributed by atoms with Crippen LogP contribution >= 0.6 is 0 Å². The lowest BCUT2D eigenvalue weighted by atomic mass is 10.1. The summed E-state index contributed by atoms with van der Waals surface area (Å²) in [6.45, 7) is 3.43. The van der Waals surface area contributed by atoms with Gasteiger partial charge in [-0.2, -0.15) is 0 Å². The predicted octanol–water partition coefficient (Wildman–Crippen LogP) is 0.850. The second-order valence-corrected chi connectivity index (χ2v) is 2.43. The molecule has 0 aromatic carbocycles. The third kappa shape index (κ3) is 1.36. The van der Waals surface area contributed by atoms with Crippen molar-refractivity contribution in [3.63, 3.8) is 0 Å². The molecular formula is C7H10O3. The van der Waals surface area contributed by atoms with E-state index in [4.69, 9.17) is 9.47 Å². The molecule has 1 aliphatic heterocycles. The Labute approximate surface area is 59.6 Å². The summed E-state index contributed by atoms with van der Waals surface area (Å²) < 4.78 is 10.1. The largest absolute Gasteiger partial charge is 0.473 e. The first-order valence-corrected chi connectivity index (χ1v) is 3.13. The average Bonchev–Trinajstić information content (AvgIpc) is 1.88. The van der Waals surface area contributed by atoms with Crippen molar-refractivity contribution >= 4 is 6.29 Å². The van der Waals surface area contributed by atoms with E-state index in [1.165, 1.54) is 6.26 Å². The quantitative estimate of drug-likeness (QED) is 0.509. The lowest BCUT2D eigenvalue weighted by molar-refractivity contribution is -0.173. The maximum atomic E-state index is 10.4. The normalized spacial score (nSPS) is 38.8. The summed E-state index contributed by atoms with van der Waals surface area (Å²) in [7, 11) is 0. The Hall–Kier alpha value is -0.830. The van der Waals surface area contributed by atoms with Gasteiger partial charge in [-0.1, -0.05) is 0 Å². The van der Waals surface area contributed by atoms with Gasteiger partial charge in [0.25, 0.3) is 0 Å². The summed E-state index contributed by atoms with van der Waals surface area (Å²) in [4.78, 5) is 10.4. The van der Waals surface area contributed by atoms with E-state index in [1.54, 1.807) is 19.9 Å². The molecule has 0 bridgehead atoms. The van der Waals surface area contributed by atoms with Gasteiger partial charge in [0, 0.05) is 0 Å². The van der Waals surface area contributed by atoms with Crippen molar-refractivity contribution in [3.05, 3.63) is 12.3 Å². The Morgan fingerprint density at radius 1 is 1.70 bits per heavy atom. The van der Waals surface area contributed by atoms with Gasteiger partial charge >= 0.3 is 0 Å². The predicted molar refractivity (Wildman–Crippen MR) is 35.2 cm³/mol. The fourth-order valence-electron chi connectivity index (χ4n) is 0.777. The molecule has 3 heteroatoms. The topological polar surface area (TPSA) is 35.5 Å². The Kier molecular flexibility index (Phi) is 1.76. The minimum Gasteiger partial charge on any atom is -0.473 e. The zero-order valence-electron chi connectivity index (χ0n) is 6.03. The summed E-state index contributed by atoms with van der Waals surface area (Å²) in [5.41, 5.74) is -0.794. The van der Waals surface area contributed by atoms with Crippen LogP contribution in [0.2, 0.25) is 0 Å². The van der Waals surface area contributed by atoms with Crippen molar-refractivity contribution in [2.75, 3.05) is 0 Å². The van der Waals surface area contributed by atoms with E-state index < -0.39 is 5.60 Å². The third-order valence-electron chi connectivity index (χ3n) is 1.32. The first-order valence-electron chi connectivity index (χ1n) is 3.13. The smallest absolute Gasteiger partial charge is 0.197 e. The van der Waals surface area contributed by atoms with Crippen LogP contribution in [0.4, 0.5) is 0 Å².